The Balaban J connectivity index is 4.03. The molecule has 0 bridgehead atoms. The number of sulfonamides is 1. The molecule has 0 amide bonds. The first kappa shape index (κ1) is 15.2. The standard InChI is InChI=1S/C9H21ClN2O2S/c1-8(2)12(9(3)4)6-5-11-15(13,14)7-10/h8-9,11H,5-7H2,1-4H3. The molecule has 0 aliphatic carbocycles. The summed E-state index contributed by atoms with van der Waals surface area (Å²) < 4.78 is 24.6. The number of halogens is 1. The normalized spacial score (nSPS) is 13.1. The summed E-state index contributed by atoms with van der Waals surface area (Å²) in [5.41, 5.74) is 0. The van der Waals surface area contributed by atoms with Crippen molar-refractivity contribution in [3.8, 4) is 0 Å². The van der Waals surface area contributed by atoms with Crippen molar-refractivity contribution in [1.29, 1.82) is 0 Å². The fourth-order valence-corrected chi connectivity index (χ4v) is 2.19. The zero-order chi connectivity index (χ0) is 12.1. The van der Waals surface area contributed by atoms with Crippen LogP contribution in [0.3, 0.4) is 0 Å². The Kier molecular flexibility index (Phi) is 6.75. The number of alkyl halides is 1. The van der Waals surface area contributed by atoms with Gasteiger partial charge in [0.25, 0.3) is 0 Å². The first-order valence-electron chi connectivity index (χ1n) is 5.09. The van der Waals surface area contributed by atoms with Gasteiger partial charge < -0.3 is 0 Å². The van der Waals surface area contributed by atoms with Crippen LogP contribution in [0.2, 0.25) is 0 Å². The smallest absolute Gasteiger partial charge is 0.225 e. The van der Waals surface area contributed by atoms with Crippen molar-refractivity contribution >= 4 is 21.6 Å². The van der Waals surface area contributed by atoms with Gasteiger partial charge in [0, 0.05) is 25.2 Å². The van der Waals surface area contributed by atoms with Crippen LogP contribution < -0.4 is 4.72 Å². The van der Waals surface area contributed by atoms with E-state index in [2.05, 4.69) is 37.3 Å². The van der Waals surface area contributed by atoms with Crippen LogP contribution in [0.15, 0.2) is 0 Å². The van der Waals surface area contributed by atoms with E-state index >= 15 is 0 Å². The van der Waals surface area contributed by atoms with Gasteiger partial charge in [0.05, 0.1) is 0 Å². The number of nitrogens with zero attached hydrogens (tertiary/aromatic N) is 1. The highest BCUT2D eigenvalue weighted by Gasteiger charge is 2.14. The Morgan fingerprint density at radius 3 is 2.00 bits per heavy atom. The Bertz CT molecular complexity index is 257. The van der Waals surface area contributed by atoms with Crippen LogP contribution in [-0.4, -0.2) is 43.7 Å². The maximum Gasteiger partial charge on any atom is 0.225 e. The second kappa shape index (κ2) is 6.68. The Morgan fingerprint density at radius 2 is 1.67 bits per heavy atom. The Morgan fingerprint density at radius 1 is 1.20 bits per heavy atom. The Labute approximate surface area is 98.0 Å². The van der Waals surface area contributed by atoms with Gasteiger partial charge in [0.1, 0.15) is 5.21 Å². The minimum atomic E-state index is -3.28. The molecule has 0 atom stereocenters. The van der Waals surface area contributed by atoms with Crippen LogP contribution >= 0.6 is 11.6 Å². The molecule has 0 aromatic heterocycles. The lowest BCUT2D eigenvalue weighted by molar-refractivity contribution is 0.179. The minimum Gasteiger partial charge on any atom is -0.297 e. The lowest BCUT2D eigenvalue weighted by Crippen LogP contribution is -2.42. The second-order valence-electron chi connectivity index (χ2n) is 4.04. The summed E-state index contributed by atoms with van der Waals surface area (Å²) in [5, 5.41) is -0.379. The van der Waals surface area contributed by atoms with Crippen molar-refractivity contribution in [2.24, 2.45) is 0 Å². The zero-order valence-electron chi connectivity index (χ0n) is 9.83. The molecule has 0 rings (SSSR count). The van der Waals surface area contributed by atoms with Gasteiger partial charge in [-0.1, -0.05) is 0 Å². The summed E-state index contributed by atoms with van der Waals surface area (Å²) in [5.74, 6) is 0. The average Bonchev–Trinajstić information content (AvgIpc) is 2.11. The van der Waals surface area contributed by atoms with Crippen molar-refractivity contribution in [2.75, 3.05) is 18.3 Å². The van der Waals surface area contributed by atoms with E-state index in [0.29, 0.717) is 25.2 Å². The van der Waals surface area contributed by atoms with Crippen LogP contribution in [0.1, 0.15) is 27.7 Å². The summed E-state index contributed by atoms with van der Waals surface area (Å²) in [4.78, 5) is 2.22. The van der Waals surface area contributed by atoms with Gasteiger partial charge in [0.2, 0.25) is 10.0 Å². The van der Waals surface area contributed by atoms with E-state index in [1.54, 1.807) is 0 Å². The molecule has 4 nitrogen and oxygen atoms in total. The molecule has 1 N–H and O–H groups in total. The molecule has 0 radical (unpaired) electrons. The van der Waals surface area contributed by atoms with E-state index in [9.17, 15) is 8.42 Å². The molecule has 0 aromatic rings. The van der Waals surface area contributed by atoms with E-state index in [1.807, 2.05) is 0 Å². The lowest BCUT2D eigenvalue weighted by atomic mass is 10.2. The first-order valence-corrected chi connectivity index (χ1v) is 7.28. The lowest BCUT2D eigenvalue weighted by Gasteiger charge is -2.30. The SMILES string of the molecule is CC(C)N(CCNS(=O)(=O)CCl)C(C)C. The predicted molar refractivity (Wildman–Crippen MR) is 64.6 cm³/mol. The molecule has 6 heteroatoms. The van der Waals surface area contributed by atoms with Crippen molar-refractivity contribution in [3.05, 3.63) is 0 Å². The van der Waals surface area contributed by atoms with Gasteiger partial charge in [-0.3, -0.25) is 4.90 Å². The van der Waals surface area contributed by atoms with Gasteiger partial charge in [-0.2, -0.15) is 0 Å². The molecular weight excluding hydrogens is 236 g/mol. The van der Waals surface area contributed by atoms with Gasteiger partial charge >= 0.3 is 0 Å². The van der Waals surface area contributed by atoms with Gasteiger partial charge in [-0.15, -0.1) is 11.6 Å². The van der Waals surface area contributed by atoms with E-state index in [0.717, 1.165) is 0 Å². The molecule has 0 unspecified atom stereocenters. The summed E-state index contributed by atoms with van der Waals surface area (Å²) in [7, 11) is -3.28. The minimum absolute atomic E-state index is 0.379. The zero-order valence-corrected chi connectivity index (χ0v) is 11.4. The van der Waals surface area contributed by atoms with Crippen LogP contribution in [-0.2, 0) is 10.0 Å². The molecule has 0 fully saturated rings. The monoisotopic (exact) mass is 256 g/mol. The van der Waals surface area contributed by atoms with Crippen LogP contribution in [0.25, 0.3) is 0 Å². The summed E-state index contributed by atoms with van der Waals surface area (Å²) in [6, 6.07) is 0.816. The average molecular weight is 257 g/mol. The van der Waals surface area contributed by atoms with Gasteiger partial charge in [-0.25, -0.2) is 13.1 Å². The van der Waals surface area contributed by atoms with Crippen molar-refractivity contribution in [1.82, 2.24) is 9.62 Å². The molecule has 0 heterocycles. The topological polar surface area (TPSA) is 49.4 Å². The highest BCUT2D eigenvalue weighted by Crippen LogP contribution is 2.03. The quantitative estimate of drug-likeness (QED) is 0.697. The van der Waals surface area contributed by atoms with Crippen molar-refractivity contribution in [3.63, 3.8) is 0 Å². The highest BCUT2D eigenvalue weighted by molar-refractivity contribution is 7.90. The number of hydrogen-bond donors (Lipinski definition) is 1. The largest absolute Gasteiger partial charge is 0.297 e. The van der Waals surface area contributed by atoms with Crippen LogP contribution in [0.5, 0.6) is 0 Å². The van der Waals surface area contributed by atoms with Crippen molar-refractivity contribution < 1.29 is 8.42 Å². The van der Waals surface area contributed by atoms with E-state index in [1.165, 1.54) is 0 Å². The van der Waals surface area contributed by atoms with E-state index in [-0.39, 0.29) is 5.21 Å². The molecule has 0 spiro atoms. The molecule has 92 valence electrons. The molecule has 0 saturated heterocycles. The molecule has 0 aliphatic heterocycles. The molecule has 0 aromatic carbocycles. The summed E-state index contributed by atoms with van der Waals surface area (Å²) >= 11 is 5.27. The third kappa shape index (κ3) is 6.35. The maximum atomic E-state index is 11.1. The number of nitrogens with one attached hydrogen (secondary N) is 1. The summed E-state index contributed by atoms with van der Waals surface area (Å²) in [6.07, 6.45) is 0. The third-order valence-electron chi connectivity index (χ3n) is 2.16. The second-order valence-corrected chi connectivity index (χ2v) is 6.43. The van der Waals surface area contributed by atoms with Crippen molar-refractivity contribution in [2.45, 2.75) is 39.8 Å². The van der Waals surface area contributed by atoms with E-state index in [4.69, 9.17) is 11.6 Å². The fourth-order valence-electron chi connectivity index (χ4n) is 1.48. The van der Waals surface area contributed by atoms with Gasteiger partial charge in [-0.05, 0) is 27.7 Å². The Hall–Kier alpha value is 0.160. The molecule has 0 aliphatic rings. The summed E-state index contributed by atoms with van der Waals surface area (Å²) in [6.45, 7) is 9.48. The number of hydrogen-bond acceptors (Lipinski definition) is 3. The maximum absolute atomic E-state index is 11.1. The van der Waals surface area contributed by atoms with E-state index < -0.39 is 10.0 Å². The number of rotatable bonds is 7. The molecule has 0 saturated carbocycles. The first-order chi connectivity index (χ1) is 6.80. The molecular formula is C9H21ClN2O2S. The third-order valence-corrected chi connectivity index (χ3v) is 3.96. The van der Waals surface area contributed by atoms with Crippen LogP contribution in [0.4, 0.5) is 0 Å². The predicted octanol–water partition coefficient (Wildman–Crippen LogP) is 1.22. The molecule has 15 heavy (non-hydrogen) atoms. The fraction of sp³-hybridized carbons (Fsp3) is 1.00. The highest BCUT2D eigenvalue weighted by atomic mass is 35.5. The van der Waals surface area contributed by atoms with Crippen LogP contribution in [0, 0.1) is 0 Å². The van der Waals surface area contributed by atoms with Gasteiger partial charge in [0.15, 0.2) is 0 Å².